The molecule has 2 aromatic carbocycles. The summed E-state index contributed by atoms with van der Waals surface area (Å²) in [5.41, 5.74) is 0.729. The van der Waals surface area contributed by atoms with Crippen molar-refractivity contribution < 1.29 is 19.1 Å². The van der Waals surface area contributed by atoms with Crippen LogP contribution in [-0.4, -0.2) is 42.5 Å². The molecule has 8 heteroatoms. The molecule has 33 heavy (non-hydrogen) atoms. The molecule has 2 atom stereocenters. The van der Waals surface area contributed by atoms with E-state index in [1.165, 1.54) is 0 Å². The molecule has 0 heterocycles. The van der Waals surface area contributed by atoms with Gasteiger partial charge in [0.1, 0.15) is 17.5 Å². The van der Waals surface area contributed by atoms with Crippen molar-refractivity contribution in [2.24, 2.45) is 0 Å². The Kier molecular flexibility index (Phi) is 10.8. The standard InChI is InChI=1S/C25H32Cl2N2O4/c1-5-17(2)28-25(31)18(3)29(16-19-8-9-20(26)15-23(19)27)24(30)7-6-14-33-22-12-10-21(32-4)11-13-22/h8-13,15,17-18H,5-7,14,16H2,1-4H3,(H,28,31)/t17-,18-/m0/s1. The number of carbonyl (C=O) groups excluding carboxylic acids is 2. The maximum atomic E-state index is 13.1. The fraction of sp³-hybridized carbons (Fsp3) is 0.440. The molecule has 2 aromatic rings. The van der Waals surface area contributed by atoms with Gasteiger partial charge in [0.25, 0.3) is 0 Å². The van der Waals surface area contributed by atoms with Crippen LogP contribution in [0.4, 0.5) is 0 Å². The molecular formula is C25H32Cl2N2O4. The summed E-state index contributed by atoms with van der Waals surface area (Å²) in [5.74, 6) is 1.11. The molecule has 2 rings (SSSR count). The summed E-state index contributed by atoms with van der Waals surface area (Å²) in [4.78, 5) is 27.4. The second kappa shape index (κ2) is 13.3. The summed E-state index contributed by atoms with van der Waals surface area (Å²) in [6, 6.07) is 11.8. The SMILES string of the molecule is CC[C@H](C)NC(=O)[C@H](C)N(Cc1ccc(Cl)cc1Cl)C(=O)CCCOc1ccc(OC)cc1. The van der Waals surface area contributed by atoms with Crippen LogP contribution in [0.2, 0.25) is 10.0 Å². The predicted molar refractivity (Wildman–Crippen MR) is 132 cm³/mol. The molecule has 1 N–H and O–H groups in total. The predicted octanol–water partition coefficient (Wildman–Crippen LogP) is 5.49. The molecule has 0 unspecified atom stereocenters. The Morgan fingerprint density at radius 3 is 2.33 bits per heavy atom. The Bertz CT molecular complexity index is 921. The summed E-state index contributed by atoms with van der Waals surface area (Å²) in [5, 5.41) is 3.92. The molecular weight excluding hydrogens is 463 g/mol. The van der Waals surface area contributed by atoms with Gasteiger partial charge in [-0.25, -0.2) is 0 Å². The van der Waals surface area contributed by atoms with E-state index in [0.717, 1.165) is 17.7 Å². The van der Waals surface area contributed by atoms with Crippen molar-refractivity contribution >= 4 is 35.0 Å². The number of nitrogens with zero attached hydrogens (tertiary/aromatic N) is 1. The minimum absolute atomic E-state index is 0.0221. The van der Waals surface area contributed by atoms with Gasteiger partial charge in [0.15, 0.2) is 0 Å². The molecule has 0 aliphatic rings. The summed E-state index contributed by atoms with van der Waals surface area (Å²) in [6.45, 7) is 6.25. The summed E-state index contributed by atoms with van der Waals surface area (Å²) < 4.78 is 10.9. The van der Waals surface area contributed by atoms with E-state index in [2.05, 4.69) is 5.32 Å². The first-order valence-corrected chi connectivity index (χ1v) is 11.8. The summed E-state index contributed by atoms with van der Waals surface area (Å²) >= 11 is 12.3. The van der Waals surface area contributed by atoms with E-state index >= 15 is 0 Å². The average Bonchev–Trinajstić information content (AvgIpc) is 2.81. The van der Waals surface area contributed by atoms with Crippen molar-refractivity contribution in [3.05, 3.63) is 58.1 Å². The molecule has 0 spiro atoms. The van der Waals surface area contributed by atoms with Crippen molar-refractivity contribution in [2.45, 2.75) is 58.7 Å². The fourth-order valence-corrected chi connectivity index (χ4v) is 3.58. The summed E-state index contributed by atoms with van der Waals surface area (Å²) in [6.07, 6.45) is 1.55. The fourth-order valence-electron chi connectivity index (χ4n) is 3.11. The molecule has 2 amide bonds. The minimum atomic E-state index is -0.652. The third-order valence-corrected chi connectivity index (χ3v) is 5.97. The highest BCUT2D eigenvalue weighted by Crippen LogP contribution is 2.24. The first kappa shape index (κ1) is 26.8. The lowest BCUT2D eigenvalue weighted by atomic mass is 10.1. The van der Waals surface area contributed by atoms with Crippen LogP contribution in [-0.2, 0) is 16.1 Å². The maximum Gasteiger partial charge on any atom is 0.242 e. The lowest BCUT2D eigenvalue weighted by Gasteiger charge is -2.30. The number of benzene rings is 2. The first-order valence-electron chi connectivity index (χ1n) is 11.1. The van der Waals surface area contributed by atoms with E-state index in [-0.39, 0.29) is 30.8 Å². The number of methoxy groups -OCH3 is 1. The van der Waals surface area contributed by atoms with Crippen LogP contribution in [0.15, 0.2) is 42.5 Å². The third-order valence-electron chi connectivity index (χ3n) is 5.39. The van der Waals surface area contributed by atoms with Gasteiger partial charge in [-0.2, -0.15) is 0 Å². The number of hydrogen-bond acceptors (Lipinski definition) is 4. The molecule has 0 aliphatic heterocycles. The van der Waals surface area contributed by atoms with Gasteiger partial charge in [-0.3, -0.25) is 9.59 Å². The van der Waals surface area contributed by atoms with Gasteiger partial charge in [0.05, 0.1) is 13.7 Å². The smallest absolute Gasteiger partial charge is 0.242 e. The molecule has 0 aromatic heterocycles. The third kappa shape index (κ3) is 8.45. The van der Waals surface area contributed by atoms with Gasteiger partial charge < -0.3 is 19.7 Å². The molecule has 0 saturated heterocycles. The van der Waals surface area contributed by atoms with Gasteiger partial charge in [-0.05, 0) is 68.7 Å². The van der Waals surface area contributed by atoms with Gasteiger partial charge in [-0.1, -0.05) is 36.2 Å². The monoisotopic (exact) mass is 494 g/mol. The maximum absolute atomic E-state index is 13.1. The van der Waals surface area contributed by atoms with Crippen LogP contribution in [0.3, 0.4) is 0 Å². The highest BCUT2D eigenvalue weighted by atomic mass is 35.5. The van der Waals surface area contributed by atoms with Crippen molar-refractivity contribution in [3.8, 4) is 11.5 Å². The Hall–Kier alpha value is -2.44. The second-order valence-corrected chi connectivity index (χ2v) is 8.72. The van der Waals surface area contributed by atoms with Crippen molar-refractivity contribution in [2.75, 3.05) is 13.7 Å². The highest BCUT2D eigenvalue weighted by molar-refractivity contribution is 6.35. The van der Waals surface area contributed by atoms with Gasteiger partial charge in [-0.15, -0.1) is 0 Å². The van der Waals surface area contributed by atoms with E-state index < -0.39 is 6.04 Å². The lowest BCUT2D eigenvalue weighted by Crippen LogP contribution is -2.49. The quantitative estimate of drug-likeness (QED) is 0.396. The molecule has 180 valence electrons. The number of nitrogens with one attached hydrogen (secondary N) is 1. The molecule has 0 aliphatic carbocycles. The van der Waals surface area contributed by atoms with E-state index in [9.17, 15) is 9.59 Å². The first-order chi connectivity index (χ1) is 15.7. The van der Waals surface area contributed by atoms with E-state index in [1.54, 1.807) is 37.1 Å². The minimum Gasteiger partial charge on any atom is -0.497 e. The van der Waals surface area contributed by atoms with Crippen molar-refractivity contribution in [3.63, 3.8) is 0 Å². The zero-order chi connectivity index (χ0) is 24.4. The Balaban J connectivity index is 2.03. The molecule has 0 fully saturated rings. The van der Waals surface area contributed by atoms with E-state index in [1.807, 2.05) is 38.1 Å². The lowest BCUT2D eigenvalue weighted by molar-refractivity contribution is -0.141. The number of halogens is 2. The number of rotatable bonds is 12. The Morgan fingerprint density at radius 1 is 1.06 bits per heavy atom. The number of ether oxygens (including phenoxy) is 2. The Morgan fingerprint density at radius 2 is 1.73 bits per heavy atom. The van der Waals surface area contributed by atoms with Crippen LogP contribution in [0.25, 0.3) is 0 Å². The Labute approximate surface area is 206 Å². The zero-order valence-corrected chi connectivity index (χ0v) is 21.1. The normalized spacial score (nSPS) is 12.5. The molecule has 0 bridgehead atoms. The van der Waals surface area contributed by atoms with E-state index in [4.69, 9.17) is 32.7 Å². The van der Waals surface area contributed by atoms with Crippen molar-refractivity contribution in [1.29, 1.82) is 0 Å². The van der Waals surface area contributed by atoms with Crippen LogP contribution in [0.5, 0.6) is 11.5 Å². The van der Waals surface area contributed by atoms with Gasteiger partial charge in [0, 0.05) is 29.1 Å². The van der Waals surface area contributed by atoms with Crippen LogP contribution in [0, 0.1) is 0 Å². The molecule has 0 radical (unpaired) electrons. The highest BCUT2D eigenvalue weighted by Gasteiger charge is 2.27. The number of carbonyl (C=O) groups is 2. The second-order valence-electron chi connectivity index (χ2n) is 7.88. The molecule has 6 nitrogen and oxygen atoms in total. The largest absolute Gasteiger partial charge is 0.497 e. The number of hydrogen-bond donors (Lipinski definition) is 1. The topological polar surface area (TPSA) is 67.9 Å². The molecule has 0 saturated carbocycles. The van der Waals surface area contributed by atoms with Crippen LogP contribution >= 0.6 is 23.2 Å². The number of amides is 2. The van der Waals surface area contributed by atoms with E-state index in [0.29, 0.717) is 28.8 Å². The van der Waals surface area contributed by atoms with Gasteiger partial charge >= 0.3 is 0 Å². The zero-order valence-electron chi connectivity index (χ0n) is 19.6. The summed E-state index contributed by atoms with van der Waals surface area (Å²) in [7, 11) is 1.61. The van der Waals surface area contributed by atoms with Crippen LogP contribution in [0.1, 0.15) is 45.6 Å². The average molecular weight is 495 g/mol. The van der Waals surface area contributed by atoms with Crippen LogP contribution < -0.4 is 14.8 Å². The van der Waals surface area contributed by atoms with Gasteiger partial charge in [0.2, 0.25) is 11.8 Å². The van der Waals surface area contributed by atoms with Crippen molar-refractivity contribution in [1.82, 2.24) is 10.2 Å².